The minimum Gasteiger partial charge on any atom is -0.493 e. The molecular formula is C19H19FO4. The van der Waals surface area contributed by atoms with E-state index in [1.807, 2.05) is 13.8 Å². The van der Waals surface area contributed by atoms with Gasteiger partial charge in [0.1, 0.15) is 5.82 Å². The molecule has 4 nitrogen and oxygen atoms in total. The molecule has 2 aromatic carbocycles. The second kappa shape index (κ2) is 7.64. The van der Waals surface area contributed by atoms with Crippen LogP contribution in [0.15, 0.2) is 42.5 Å². The van der Waals surface area contributed by atoms with E-state index >= 15 is 0 Å². The summed E-state index contributed by atoms with van der Waals surface area (Å²) in [6.07, 6.45) is 1.47. The van der Waals surface area contributed by atoms with Gasteiger partial charge in [0.25, 0.3) is 0 Å². The largest absolute Gasteiger partial charge is 0.493 e. The van der Waals surface area contributed by atoms with Crippen LogP contribution in [0.25, 0.3) is 11.6 Å². The summed E-state index contributed by atoms with van der Waals surface area (Å²) in [7, 11) is 1.54. The normalized spacial score (nSPS) is 11.5. The number of carbonyl (C=O) groups is 1. The first-order valence-corrected chi connectivity index (χ1v) is 7.46. The fourth-order valence-electron chi connectivity index (χ4n) is 2.19. The minimum absolute atomic E-state index is 0.0471. The van der Waals surface area contributed by atoms with Gasteiger partial charge in [0, 0.05) is 0 Å². The zero-order valence-corrected chi connectivity index (χ0v) is 13.7. The smallest absolute Gasteiger partial charge is 0.336 e. The summed E-state index contributed by atoms with van der Waals surface area (Å²) in [6, 6.07) is 10.5. The van der Waals surface area contributed by atoms with Crippen LogP contribution in [-0.2, 0) is 4.79 Å². The van der Waals surface area contributed by atoms with Crippen LogP contribution in [0.2, 0.25) is 0 Å². The zero-order valence-electron chi connectivity index (χ0n) is 13.7. The lowest BCUT2D eigenvalue weighted by Gasteiger charge is -2.14. The standard InChI is InChI=1S/C19H19FO4/c1-12(2)24-18-11-13(4-9-17(18)23-3)10-16(19(21)22)14-5-7-15(20)8-6-14/h4-12H,1-3H3,(H,21,22)/b16-10-. The van der Waals surface area contributed by atoms with Gasteiger partial charge in [-0.3, -0.25) is 0 Å². The van der Waals surface area contributed by atoms with Gasteiger partial charge in [0.05, 0.1) is 18.8 Å². The van der Waals surface area contributed by atoms with E-state index in [4.69, 9.17) is 9.47 Å². The van der Waals surface area contributed by atoms with E-state index < -0.39 is 11.8 Å². The third-order valence-corrected chi connectivity index (χ3v) is 3.25. The number of ether oxygens (including phenoxy) is 2. The molecule has 0 atom stereocenters. The maximum atomic E-state index is 13.0. The molecule has 24 heavy (non-hydrogen) atoms. The molecule has 0 aliphatic rings. The molecule has 126 valence electrons. The third-order valence-electron chi connectivity index (χ3n) is 3.25. The predicted octanol–water partition coefficient (Wildman–Crippen LogP) is 4.25. The highest BCUT2D eigenvalue weighted by atomic mass is 19.1. The summed E-state index contributed by atoms with van der Waals surface area (Å²) in [5.74, 6) is -0.408. The highest BCUT2D eigenvalue weighted by molar-refractivity contribution is 6.20. The van der Waals surface area contributed by atoms with Gasteiger partial charge in [-0.2, -0.15) is 0 Å². The van der Waals surface area contributed by atoms with Gasteiger partial charge in [0.2, 0.25) is 0 Å². The predicted molar refractivity (Wildman–Crippen MR) is 90.7 cm³/mol. The number of methoxy groups -OCH3 is 1. The van der Waals surface area contributed by atoms with Crippen molar-refractivity contribution in [2.75, 3.05) is 7.11 Å². The van der Waals surface area contributed by atoms with E-state index in [0.717, 1.165) is 0 Å². The molecule has 2 rings (SSSR count). The lowest BCUT2D eigenvalue weighted by Crippen LogP contribution is -2.07. The number of rotatable bonds is 6. The molecule has 0 unspecified atom stereocenters. The Kier molecular flexibility index (Phi) is 5.58. The first kappa shape index (κ1) is 17.5. The summed E-state index contributed by atoms with van der Waals surface area (Å²) in [5, 5.41) is 9.45. The number of hydrogen-bond acceptors (Lipinski definition) is 3. The van der Waals surface area contributed by atoms with Crippen molar-refractivity contribution in [2.24, 2.45) is 0 Å². The average Bonchev–Trinajstić information content (AvgIpc) is 2.53. The molecular weight excluding hydrogens is 311 g/mol. The Morgan fingerprint density at radius 2 is 1.79 bits per heavy atom. The maximum absolute atomic E-state index is 13.0. The molecule has 0 heterocycles. The van der Waals surface area contributed by atoms with Crippen LogP contribution in [-0.4, -0.2) is 24.3 Å². The number of carboxylic acid groups (broad SMARTS) is 1. The van der Waals surface area contributed by atoms with E-state index in [9.17, 15) is 14.3 Å². The van der Waals surface area contributed by atoms with Crippen molar-refractivity contribution in [2.45, 2.75) is 20.0 Å². The van der Waals surface area contributed by atoms with Gasteiger partial charge in [-0.25, -0.2) is 9.18 Å². The summed E-state index contributed by atoms with van der Waals surface area (Å²) in [5.41, 5.74) is 1.13. The van der Waals surface area contributed by atoms with Crippen molar-refractivity contribution in [1.29, 1.82) is 0 Å². The van der Waals surface area contributed by atoms with Crippen molar-refractivity contribution < 1.29 is 23.8 Å². The zero-order chi connectivity index (χ0) is 17.7. The Bertz CT molecular complexity index is 748. The van der Waals surface area contributed by atoms with E-state index in [2.05, 4.69) is 0 Å². The van der Waals surface area contributed by atoms with Gasteiger partial charge in [0.15, 0.2) is 11.5 Å². The number of hydrogen-bond donors (Lipinski definition) is 1. The molecule has 0 bridgehead atoms. The summed E-state index contributed by atoms with van der Waals surface area (Å²) >= 11 is 0. The van der Waals surface area contributed by atoms with Gasteiger partial charge in [-0.05, 0) is 55.3 Å². The van der Waals surface area contributed by atoms with Crippen LogP contribution in [0.4, 0.5) is 4.39 Å². The van der Waals surface area contributed by atoms with Crippen molar-refractivity contribution in [1.82, 2.24) is 0 Å². The molecule has 0 spiro atoms. The highest BCUT2D eigenvalue weighted by Crippen LogP contribution is 2.30. The monoisotopic (exact) mass is 330 g/mol. The van der Waals surface area contributed by atoms with Crippen molar-refractivity contribution >= 4 is 17.6 Å². The number of benzene rings is 2. The Morgan fingerprint density at radius 1 is 1.12 bits per heavy atom. The van der Waals surface area contributed by atoms with Crippen LogP contribution in [0.3, 0.4) is 0 Å². The molecule has 0 radical (unpaired) electrons. The highest BCUT2D eigenvalue weighted by Gasteiger charge is 2.12. The topological polar surface area (TPSA) is 55.8 Å². The second-order valence-corrected chi connectivity index (χ2v) is 5.45. The number of halogens is 1. The quantitative estimate of drug-likeness (QED) is 0.635. The van der Waals surface area contributed by atoms with Gasteiger partial charge >= 0.3 is 5.97 Å². The molecule has 0 aliphatic carbocycles. The Labute approximate surface area is 140 Å². The molecule has 2 aromatic rings. The molecule has 1 N–H and O–H groups in total. The lowest BCUT2D eigenvalue weighted by atomic mass is 10.0. The van der Waals surface area contributed by atoms with Gasteiger partial charge in [-0.15, -0.1) is 0 Å². The molecule has 5 heteroatoms. The molecule has 0 saturated heterocycles. The minimum atomic E-state index is -1.09. The Balaban J connectivity index is 2.45. The number of carboxylic acids is 1. The van der Waals surface area contributed by atoms with Crippen molar-refractivity contribution in [3.05, 3.63) is 59.4 Å². The Morgan fingerprint density at radius 3 is 2.33 bits per heavy atom. The van der Waals surface area contributed by atoms with E-state index in [-0.39, 0.29) is 11.7 Å². The van der Waals surface area contributed by atoms with Crippen LogP contribution in [0, 0.1) is 5.82 Å². The summed E-state index contributed by atoms with van der Waals surface area (Å²) in [4.78, 5) is 11.6. The number of aliphatic carboxylic acids is 1. The van der Waals surface area contributed by atoms with Crippen LogP contribution in [0.5, 0.6) is 11.5 Å². The van der Waals surface area contributed by atoms with Crippen molar-refractivity contribution in [3.63, 3.8) is 0 Å². The first-order valence-electron chi connectivity index (χ1n) is 7.46. The van der Waals surface area contributed by atoms with E-state index in [1.54, 1.807) is 25.3 Å². The first-order chi connectivity index (χ1) is 11.4. The molecule has 0 aliphatic heterocycles. The SMILES string of the molecule is COc1ccc(/C=C(\C(=O)O)c2ccc(F)cc2)cc1OC(C)C. The van der Waals surface area contributed by atoms with E-state index in [0.29, 0.717) is 22.6 Å². The second-order valence-electron chi connectivity index (χ2n) is 5.45. The van der Waals surface area contributed by atoms with Crippen molar-refractivity contribution in [3.8, 4) is 11.5 Å². The molecule has 0 aromatic heterocycles. The molecule has 0 saturated carbocycles. The summed E-state index contributed by atoms with van der Waals surface area (Å²) < 4.78 is 24.0. The average molecular weight is 330 g/mol. The molecule has 0 fully saturated rings. The molecule has 0 amide bonds. The lowest BCUT2D eigenvalue weighted by molar-refractivity contribution is -0.130. The fourth-order valence-corrected chi connectivity index (χ4v) is 2.19. The van der Waals surface area contributed by atoms with Gasteiger partial charge < -0.3 is 14.6 Å². The van der Waals surface area contributed by atoms with Crippen LogP contribution < -0.4 is 9.47 Å². The fraction of sp³-hybridized carbons (Fsp3) is 0.211. The maximum Gasteiger partial charge on any atom is 0.336 e. The van der Waals surface area contributed by atoms with Crippen LogP contribution >= 0.6 is 0 Å². The van der Waals surface area contributed by atoms with Gasteiger partial charge in [-0.1, -0.05) is 18.2 Å². The summed E-state index contributed by atoms with van der Waals surface area (Å²) in [6.45, 7) is 3.78. The Hall–Kier alpha value is -2.82. The van der Waals surface area contributed by atoms with E-state index in [1.165, 1.54) is 30.3 Å². The third kappa shape index (κ3) is 4.35. The van der Waals surface area contributed by atoms with Crippen LogP contribution in [0.1, 0.15) is 25.0 Å².